The number of methoxy groups -OCH3 is 1. The van der Waals surface area contributed by atoms with Crippen LogP contribution in [0.1, 0.15) is 38.7 Å². The van der Waals surface area contributed by atoms with Gasteiger partial charge in [0.05, 0.1) is 25.2 Å². The van der Waals surface area contributed by atoms with Crippen molar-refractivity contribution in [2.75, 3.05) is 46.6 Å². The zero-order valence-corrected chi connectivity index (χ0v) is 23.7. The second-order valence-corrected chi connectivity index (χ2v) is 11.3. The van der Waals surface area contributed by atoms with Gasteiger partial charge in [0.15, 0.2) is 6.61 Å². The second-order valence-electron chi connectivity index (χ2n) is 9.32. The third-order valence-corrected chi connectivity index (χ3v) is 8.47. The van der Waals surface area contributed by atoms with Gasteiger partial charge in [0.2, 0.25) is 15.9 Å². The van der Waals surface area contributed by atoms with E-state index in [0.29, 0.717) is 44.3 Å². The molecule has 1 aliphatic rings. The maximum atomic E-state index is 13.3. The molecule has 1 saturated heterocycles. The van der Waals surface area contributed by atoms with Crippen LogP contribution >= 0.6 is 0 Å². The van der Waals surface area contributed by atoms with Crippen LogP contribution in [0.25, 0.3) is 0 Å². The molecule has 11 heteroatoms. The zero-order chi connectivity index (χ0) is 28.3. The molecule has 0 aromatic heterocycles. The van der Waals surface area contributed by atoms with Crippen LogP contribution in [0, 0.1) is 0 Å². The van der Waals surface area contributed by atoms with Crippen LogP contribution < -0.4 is 14.8 Å². The van der Waals surface area contributed by atoms with Crippen LogP contribution in [-0.2, 0) is 30.9 Å². The summed E-state index contributed by atoms with van der Waals surface area (Å²) in [6, 6.07) is 12.6. The number of ether oxygens (including phenoxy) is 3. The van der Waals surface area contributed by atoms with Crippen LogP contribution in [0.3, 0.4) is 0 Å². The van der Waals surface area contributed by atoms with Gasteiger partial charge in [0.25, 0.3) is 5.91 Å². The van der Waals surface area contributed by atoms with Crippen LogP contribution in [0.4, 0.5) is 0 Å². The van der Waals surface area contributed by atoms with E-state index in [1.807, 2.05) is 12.1 Å². The molecule has 0 spiro atoms. The minimum absolute atomic E-state index is 0.151. The van der Waals surface area contributed by atoms with E-state index >= 15 is 0 Å². The number of unbranched alkanes of at least 4 members (excludes halogenated alkanes) is 2. The first-order valence-electron chi connectivity index (χ1n) is 13.3. The first-order valence-corrected chi connectivity index (χ1v) is 14.7. The van der Waals surface area contributed by atoms with E-state index in [4.69, 9.17) is 14.2 Å². The topological polar surface area (TPSA) is 114 Å². The molecule has 2 aromatic carbocycles. The second kappa shape index (κ2) is 14.9. The van der Waals surface area contributed by atoms with Gasteiger partial charge >= 0.3 is 0 Å². The minimum atomic E-state index is -3.63. The molecule has 1 aliphatic heterocycles. The summed E-state index contributed by atoms with van der Waals surface area (Å²) < 4.78 is 43.2. The molecule has 0 aliphatic carbocycles. The van der Waals surface area contributed by atoms with E-state index in [1.54, 1.807) is 26.2 Å². The quantitative estimate of drug-likeness (QED) is 0.353. The summed E-state index contributed by atoms with van der Waals surface area (Å²) in [4.78, 5) is 27.8. The number of carbonyl (C=O) groups excluding carboxylic acids is 2. The maximum Gasteiger partial charge on any atom is 0.261 e. The fourth-order valence-corrected chi connectivity index (χ4v) is 5.52. The van der Waals surface area contributed by atoms with E-state index in [1.165, 1.54) is 33.5 Å². The number of sulfonamides is 1. The van der Waals surface area contributed by atoms with Crippen molar-refractivity contribution in [3.8, 4) is 11.5 Å². The summed E-state index contributed by atoms with van der Waals surface area (Å²) in [6.45, 7) is 5.60. The molecule has 10 nitrogen and oxygen atoms in total. The van der Waals surface area contributed by atoms with Gasteiger partial charge < -0.3 is 24.4 Å². The molecule has 2 aromatic rings. The minimum Gasteiger partial charge on any atom is -0.497 e. The molecule has 0 saturated carbocycles. The van der Waals surface area contributed by atoms with Crippen molar-refractivity contribution in [1.29, 1.82) is 0 Å². The summed E-state index contributed by atoms with van der Waals surface area (Å²) in [7, 11) is -2.05. The molecule has 0 unspecified atom stereocenters. The fraction of sp³-hybridized carbons (Fsp3) is 0.500. The molecule has 39 heavy (non-hydrogen) atoms. The van der Waals surface area contributed by atoms with Gasteiger partial charge in [-0.25, -0.2) is 8.42 Å². The fourth-order valence-electron chi connectivity index (χ4n) is 4.12. The summed E-state index contributed by atoms with van der Waals surface area (Å²) in [6.07, 6.45) is 2.94. The standard InChI is InChI=1S/C28H39N3O7S/c1-4-5-6-15-29-28(33)22(2)31(20-23-7-9-24(36-3)10-8-23)27(32)21-38-25-11-13-26(14-12-25)39(34,35)30-16-18-37-19-17-30/h7-14,22H,4-6,15-21H2,1-3H3,(H,29,33)/t22-/m0/s1. The Morgan fingerprint density at radius 3 is 2.28 bits per heavy atom. The number of nitrogens with one attached hydrogen (secondary N) is 1. The van der Waals surface area contributed by atoms with E-state index in [0.717, 1.165) is 24.8 Å². The van der Waals surface area contributed by atoms with Gasteiger partial charge in [-0.3, -0.25) is 9.59 Å². The van der Waals surface area contributed by atoms with Gasteiger partial charge in [-0.1, -0.05) is 31.9 Å². The highest BCUT2D eigenvalue weighted by Gasteiger charge is 2.28. The number of hydrogen-bond donors (Lipinski definition) is 1. The van der Waals surface area contributed by atoms with E-state index in [9.17, 15) is 18.0 Å². The highest BCUT2D eigenvalue weighted by molar-refractivity contribution is 7.89. The molecular weight excluding hydrogens is 522 g/mol. The number of carbonyl (C=O) groups is 2. The molecular formula is C28H39N3O7S. The Morgan fingerprint density at radius 1 is 1.03 bits per heavy atom. The Bertz CT molecular complexity index is 1160. The molecule has 1 heterocycles. The van der Waals surface area contributed by atoms with E-state index in [-0.39, 0.29) is 29.9 Å². The van der Waals surface area contributed by atoms with Crippen molar-refractivity contribution in [1.82, 2.24) is 14.5 Å². The monoisotopic (exact) mass is 561 g/mol. The zero-order valence-electron chi connectivity index (χ0n) is 22.9. The smallest absolute Gasteiger partial charge is 0.261 e. The Labute approximate surface area is 231 Å². The van der Waals surface area contributed by atoms with Gasteiger partial charge in [-0.15, -0.1) is 0 Å². The van der Waals surface area contributed by atoms with Gasteiger partial charge in [0.1, 0.15) is 17.5 Å². The van der Waals surface area contributed by atoms with Crippen LogP contribution in [0.5, 0.6) is 11.5 Å². The summed E-state index contributed by atoms with van der Waals surface area (Å²) >= 11 is 0. The predicted octanol–water partition coefficient (Wildman–Crippen LogP) is 2.82. The summed E-state index contributed by atoms with van der Waals surface area (Å²) in [5.74, 6) is 0.448. The lowest BCUT2D eigenvalue weighted by molar-refractivity contribution is -0.142. The van der Waals surface area contributed by atoms with Crippen molar-refractivity contribution in [2.24, 2.45) is 0 Å². The molecule has 3 rings (SSSR count). The lowest BCUT2D eigenvalue weighted by Crippen LogP contribution is -2.49. The molecule has 0 bridgehead atoms. The van der Waals surface area contributed by atoms with Crippen molar-refractivity contribution >= 4 is 21.8 Å². The lowest BCUT2D eigenvalue weighted by Gasteiger charge is -2.29. The molecule has 2 amide bonds. The largest absolute Gasteiger partial charge is 0.497 e. The number of morpholine rings is 1. The number of rotatable bonds is 14. The Kier molecular flexibility index (Phi) is 11.6. The summed E-state index contributed by atoms with van der Waals surface area (Å²) in [5.41, 5.74) is 0.840. The predicted molar refractivity (Wildman–Crippen MR) is 147 cm³/mol. The molecule has 1 atom stereocenters. The van der Waals surface area contributed by atoms with E-state index < -0.39 is 16.1 Å². The highest BCUT2D eigenvalue weighted by atomic mass is 32.2. The van der Waals surface area contributed by atoms with Gasteiger partial charge in [-0.05, 0) is 55.3 Å². The Morgan fingerprint density at radius 2 is 1.67 bits per heavy atom. The highest BCUT2D eigenvalue weighted by Crippen LogP contribution is 2.21. The normalized spacial score (nSPS) is 14.8. The summed E-state index contributed by atoms with van der Waals surface area (Å²) in [5, 5.41) is 2.92. The Balaban J connectivity index is 1.66. The molecule has 1 fully saturated rings. The number of amides is 2. The Hall–Kier alpha value is -3.15. The van der Waals surface area contributed by atoms with Crippen LogP contribution in [0.15, 0.2) is 53.4 Å². The third-order valence-electron chi connectivity index (χ3n) is 6.55. The van der Waals surface area contributed by atoms with Crippen LogP contribution in [-0.4, -0.2) is 82.0 Å². The average Bonchev–Trinajstić information content (AvgIpc) is 2.97. The van der Waals surface area contributed by atoms with Crippen molar-refractivity contribution in [2.45, 2.75) is 50.6 Å². The van der Waals surface area contributed by atoms with Crippen molar-refractivity contribution in [3.63, 3.8) is 0 Å². The number of hydrogen-bond acceptors (Lipinski definition) is 7. The van der Waals surface area contributed by atoms with Gasteiger partial charge in [-0.2, -0.15) is 4.31 Å². The third kappa shape index (κ3) is 8.67. The first kappa shape index (κ1) is 30.4. The van der Waals surface area contributed by atoms with Gasteiger partial charge in [0, 0.05) is 26.2 Å². The molecule has 0 radical (unpaired) electrons. The number of benzene rings is 2. The molecule has 214 valence electrons. The lowest BCUT2D eigenvalue weighted by atomic mass is 10.1. The van der Waals surface area contributed by atoms with Crippen molar-refractivity contribution < 1.29 is 32.2 Å². The first-order chi connectivity index (χ1) is 18.8. The van der Waals surface area contributed by atoms with Crippen LogP contribution in [0.2, 0.25) is 0 Å². The van der Waals surface area contributed by atoms with E-state index in [2.05, 4.69) is 12.2 Å². The molecule has 1 N–H and O–H groups in total. The SMILES string of the molecule is CCCCCNC(=O)[C@H](C)N(Cc1ccc(OC)cc1)C(=O)COc1ccc(S(=O)(=O)N2CCOCC2)cc1. The van der Waals surface area contributed by atoms with Crippen molar-refractivity contribution in [3.05, 3.63) is 54.1 Å². The number of nitrogens with zero attached hydrogens (tertiary/aromatic N) is 2. The average molecular weight is 562 g/mol. The maximum absolute atomic E-state index is 13.3.